The smallest absolute Gasteiger partial charge is 0.358 e. The Balaban J connectivity index is 2.34. The Bertz CT molecular complexity index is 432. The molecule has 1 fully saturated rings. The first-order valence-electron chi connectivity index (χ1n) is 6.20. The maximum absolute atomic E-state index is 11.0. The second kappa shape index (κ2) is 5.45. The van der Waals surface area contributed by atoms with Crippen molar-refractivity contribution in [2.45, 2.75) is 50.8 Å². The number of carboxylic acids is 1. The number of aromatic nitrogens is 3. The van der Waals surface area contributed by atoms with Crippen molar-refractivity contribution in [3.8, 4) is 0 Å². The first kappa shape index (κ1) is 13.0. The lowest BCUT2D eigenvalue weighted by atomic mass is 10.1. The molecule has 0 amide bonds. The molecule has 2 rings (SSSR count). The number of carbonyl (C=O) groups is 1. The predicted molar refractivity (Wildman–Crippen MR) is 63.0 cm³/mol. The van der Waals surface area contributed by atoms with E-state index in [2.05, 4.69) is 10.3 Å². The van der Waals surface area contributed by atoms with Crippen molar-refractivity contribution >= 4 is 5.97 Å². The molecule has 1 aliphatic carbocycles. The van der Waals surface area contributed by atoms with Gasteiger partial charge in [0.1, 0.15) is 0 Å². The van der Waals surface area contributed by atoms with E-state index in [0.717, 1.165) is 25.7 Å². The van der Waals surface area contributed by atoms with Crippen LogP contribution in [0.5, 0.6) is 0 Å². The van der Waals surface area contributed by atoms with Crippen LogP contribution < -0.4 is 5.73 Å². The number of nitrogens with two attached hydrogens (primary N) is 1. The summed E-state index contributed by atoms with van der Waals surface area (Å²) in [7, 11) is 0. The summed E-state index contributed by atoms with van der Waals surface area (Å²) in [5.41, 5.74) is 5.85. The van der Waals surface area contributed by atoms with Crippen LogP contribution in [0.25, 0.3) is 0 Å². The number of aliphatic hydroxyl groups is 1. The van der Waals surface area contributed by atoms with Gasteiger partial charge in [-0.25, -0.2) is 9.48 Å². The van der Waals surface area contributed by atoms with Crippen LogP contribution >= 0.6 is 0 Å². The van der Waals surface area contributed by atoms with Crippen molar-refractivity contribution in [1.82, 2.24) is 15.0 Å². The Morgan fingerprint density at radius 1 is 1.39 bits per heavy atom. The van der Waals surface area contributed by atoms with E-state index in [1.165, 1.54) is 4.68 Å². The van der Waals surface area contributed by atoms with Crippen molar-refractivity contribution in [2.75, 3.05) is 0 Å². The number of carboxylic acid groups (broad SMARTS) is 1. The topological polar surface area (TPSA) is 114 Å². The Kier molecular flexibility index (Phi) is 3.93. The quantitative estimate of drug-likeness (QED) is 0.668. The van der Waals surface area contributed by atoms with Crippen LogP contribution in [0, 0.1) is 0 Å². The second-order valence-corrected chi connectivity index (χ2v) is 4.61. The van der Waals surface area contributed by atoms with Crippen molar-refractivity contribution in [3.05, 3.63) is 11.4 Å². The van der Waals surface area contributed by atoms with Crippen LogP contribution in [-0.2, 0) is 6.54 Å². The largest absolute Gasteiger partial charge is 0.476 e. The van der Waals surface area contributed by atoms with Crippen LogP contribution in [0.2, 0.25) is 0 Å². The van der Waals surface area contributed by atoms with Gasteiger partial charge in [0.2, 0.25) is 0 Å². The van der Waals surface area contributed by atoms with E-state index in [-0.39, 0.29) is 18.3 Å². The summed E-state index contributed by atoms with van der Waals surface area (Å²) >= 11 is 0. The summed E-state index contributed by atoms with van der Waals surface area (Å²) in [6, 6.07) is -0.216. The van der Waals surface area contributed by atoms with Gasteiger partial charge in [-0.3, -0.25) is 0 Å². The first-order chi connectivity index (χ1) is 8.65. The number of rotatable bonds is 3. The summed E-state index contributed by atoms with van der Waals surface area (Å²) in [6.45, 7) is 0.0534. The molecule has 2 unspecified atom stereocenters. The van der Waals surface area contributed by atoms with Crippen LogP contribution in [-0.4, -0.2) is 37.3 Å². The molecular weight excluding hydrogens is 236 g/mol. The third-order valence-corrected chi connectivity index (χ3v) is 3.44. The molecule has 1 heterocycles. The van der Waals surface area contributed by atoms with Gasteiger partial charge in [-0.1, -0.05) is 24.5 Å². The van der Waals surface area contributed by atoms with Gasteiger partial charge in [0.25, 0.3) is 0 Å². The lowest BCUT2D eigenvalue weighted by Crippen LogP contribution is -2.26. The number of hydrogen-bond acceptors (Lipinski definition) is 5. The second-order valence-electron chi connectivity index (χ2n) is 4.61. The minimum Gasteiger partial charge on any atom is -0.476 e. The molecule has 2 atom stereocenters. The molecule has 7 nitrogen and oxygen atoms in total. The van der Waals surface area contributed by atoms with Crippen molar-refractivity contribution in [2.24, 2.45) is 5.73 Å². The molecule has 18 heavy (non-hydrogen) atoms. The molecule has 1 aliphatic rings. The predicted octanol–water partition coefficient (Wildman–Crippen LogP) is 0.301. The molecule has 1 saturated carbocycles. The number of hydrogen-bond donors (Lipinski definition) is 3. The van der Waals surface area contributed by atoms with E-state index < -0.39 is 12.1 Å². The SMILES string of the molecule is NCc1c(C(=O)O)nnn1C1CCCCCC1O. The normalized spacial score (nSPS) is 24.8. The monoisotopic (exact) mass is 254 g/mol. The summed E-state index contributed by atoms with van der Waals surface area (Å²) in [4.78, 5) is 11.0. The summed E-state index contributed by atoms with van der Waals surface area (Å²) in [5, 5.41) is 26.6. The molecule has 0 radical (unpaired) electrons. The van der Waals surface area contributed by atoms with Crippen LogP contribution in [0.3, 0.4) is 0 Å². The first-order valence-corrected chi connectivity index (χ1v) is 6.20. The van der Waals surface area contributed by atoms with Gasteiger partial charge >= 0.3 is 5.97 Å². The van der Waals surface area contributed by atoms with Crippen molar-refractivity contribution in [3.63, 3.8) is 0 Å². The van der Waals surface area contributed by atoms with Crippen LogP contribution in [0.1, 0.15) is 54.3 Å². The van der Waals surface area contributed by atoms with Gasteiger partial charge in [-0.05, 0) is 12.8 Å². The van der Waals surface area contributed by atoms with E-state index >= 15 is 0 Å². The molecule has 1 aromatic rings. The van der Waals surface area contributed by atoms with Gasteiger partial charge in [-0.2, -0.15) is 0 Å². The number of aromatic carboxylic acids is 1. The highest BCUT2D eigenvalue weighted by atomic mass is 16.4. The summed E-state index contributed by atoms with van der Waals surface area (Å²) < 4.78 is 1.50. The van der Waals surface area contributed by atoms with E-state index in [4.69, 9.17) is 10.8 Å². The lowest BCUT2D eigenvalue weighted by molar-refractivity contribution is 0.0687. The Morgan fingerprint density at radius 2 is 2.11 bits per heavy atom. The zero-order valence-electron chi connectivity index (χ0n) is 10.1. The highest BCUT2D eigenvalue weighted by Gasteiger charge is 2.28. The minimum absolute atomic E-state index is 0.0534. The molecular formula is C11H18N4O3. The van der Waals surface area contributed by atoms with Crippen LogP contribution in [0.4, 0.5) is 0 Å². The molecule has 0 aromatic carbocycles. The van der Waals surface area contributed by atoms with Crippen molar-refractivity contribution in [1.29, 1.82) is 0 Å². The average Bonchev–Trinajstić information content (AvgIpc) is 2.66. The van der Waals surface area contributed by atoms with Crippen LogP contribution in [0.15, 0.2) is 0 Å². The molecule has 4 N–H and O–H groups in total. The summed E-state index contributed by atoms with van der Waals surface area (Å²) in [5.74, 6) is -1.13. The highest BCUT2D eigenvalue weighted by molar-refractivity contribution is 5.86. The van der Waals surface area contributed by atoms with Gasteiger partial charge in [0.15, 0.2) is 5.69 Å². The summed E-state index contributed by atoms with van der Waals surface area (Å²) in [6.07, 6.45) is 4.02. The van der Waals surface area contributed by atoms with Gasteiger partial charge in [0.05, 0.1) is 17.8 Å². The third kappa shape index (κ3) is 2.37. The van der Waals surface area contributed by atoms with Gasteiger partial charge in [0, 0.05) is 6.54 Å². The van der Waals surface area contributed by atoms with Gasteiger partial charge in [-0.15, -0.1) is 5.10 Å². The molecule has 1 aromatic heterocycles. The number of aliphatic hydroxyl groups excluding tert-OH is 1. The zero-order chi connectivity index (χ0) is 13.1. The maximum atomic E-state index is 11.0. The fourth-order valence-electron chi connectivity index (χ4n) is 2.49. The molecule has 0 aliphatic heterocycles. The fourth-order valence-corrected chi connectivity index (χ4v) is 2.49. The molecule has 0 saturated heterocycles. The van der Waals surface area contributed by atoms with E-state index in [0.29, 0.717) is 12.1 Å². The average molecular weight is 254 g/mol. The lowest BCUT2D eigenvalue weighted by Gasteiger charge is -2.21. The van der Waals surface area contributed by atoms with E-state index in [1.807, 2.05) is 0 Å². The van der Waals surface area contributed by atoms with Gasteiger partial charge < -0.3 is 15.9 Å². The Labute approximate surface area is 105 Å². The fraction of sp³-hybridized carbons (Fsp3) is 0.727. The Morgan fingerprint density at radius 3 is 2.78 bits per heavy atom. The highest BCUT2D eigenvalue weighted by Crippen LogP contribution is 2.28. The molecule has 0 spiro atoms. The maximum Gasteiger partial charge on any atom is 0.358 e. The Hall–Kier alpha value is -1.47. The van der Waals surface area contributed by atoms with E-state index in [9.17, 15) is 9.90 Å². The third-order valence-electron chi connectivity index (χ3n) is 3.44. The molecule has 0 bridgehead atoms. The molecule has 7 heteroatoms. The zero-order valence-corrected chi connectivity index (χ0v) is 10.1. The standard InChI is InChI=1S/C11H18N4O3/c12-6-8-10(11(17)18)13-14-15(8)7-4-2-1-3-5-9(7)16/h7,9,16H,1-6,12H2,(H,17,18). The van der Waals surface area contributed by atoms with E-state index in [1.54, 1.807) is 0 Å². The van der Waals surface area contributed by atoms with Crippen molar-refractivity contribution < 1.29 is 15.0 Å². The number of nitrogens with zero attached hydrogens (tertiary/aromatic N) is 3. The molecule has 100 valence electrons. The minimum atomic E-state index is -1.13.